The fraction of sp³-hybridized carbons (Fsp3) is 0.682. The lowest BCUT2D eigenvalue weighted by Gasteiger charge is -2.53. The Hall–Kier alpha value is -1.50. The zero-order chi connectivity index (χ0) is 21.0. The van der Waals surface area contributed by atoms with Gasteiger partial charge in [-0.15, -0.1) is 0 Å². The number of phenolic OH excluding ortho intramolecular Hbond substituents is 1. The highest BCUT2D eigenvalue weighted by atomic mass is 35.5. The molecule has 3 fully saturated rings. The number of aliphatic hydroxyl groups excluding tert-OH is 1. The largest absolute Gasteiger partial charge is 0.504 e. The fourth-order valence-corrected chi connectivity index (χ4v) is 6.64. The van der Waals surface area contributed by atoms with Crippen LogP contribution in [-0.2, 0) is 9.53 Å². The molecule has 5 atom stereocenters. The van der Waals surface area contributed by atoms with Crippen LogP contribution in [0.1, 0.15) is 51.2 Å². The van der Waals surface area contributed by atoms with E-state index in [-0.39, 0.29) is 53.6 Å². The molecule has 0 radical (unpaired) electrons. The highest BCUT2D eigenvalue weighted by Gasteiger charge is 2.68. The Morgan fingerprint density at radius 1 is 1.41 bits per heavy atom. The Bertz CT molecular complexity index is 813. The smallest absolute Gasteiger partial charge is 0.222 e. The molecule has 1 aromatic carbocycles. The number of hydrogen-bond donors (Lipinski definition) is 3. The predicted octanol–water partition coefficient (Wildman–Crippen LogP) is 3.44. The van der Waals surface area contributed by atoms with Gasteiger partial charge in [0.15, 0.2) is 11.5 Å². The van der Waals surface area contributed by atoms with E-state index in [1.807, 2.05) is 0 Å². The number of methoxy groups -OCH3 is 1. The Morgan fingerprint density at radius 2 is 2.17 bits per heavy atom. The maximum atomic E-state index is 12.4. The molecule has 3 aliphatic rings. The summed E-state index contributed by atoms with van der Waals surface area (Å²) >= 11 is 6.51. The molecule has 1 spiro atoms. The third-order valence-electron chi connectivity index (χ3n) is 7.75. The van der Waals surface area contributed by atoms with Gasteiger partial charge in [0.1, 0.15) is 0 Å². The van der Waals surface area contributed by atoms with Crippen LogP contribution in [0.25, 0.3) is 0 Å². The van der Waals surface area contributed by atoms with Crippen molar-refractivity contribution in [3.05, 3.63) is 22.7 Å². The number of rotatable bonds is 5. The van der Waals surface area contributed by atoms with E-state index in [2.05, 4.69) is 19.2 Å². The van der Waals surface area contributed by atoms with Crippen molar-refractivity contribution in [1.82, 2.24) is 5.32 Å². The zero-order valence-corrected chi connectivity index (χ0v) is 18.0. The summed E-state index contributed by atoms with van der Waals surface area (Å²) in [6.07, 6.45) is 2.89. The second-order valence-electron chi connectivity index (χ2n) is 9.36. The van der Waals surface area contributed by atoms with Crippen molar-refractivity contribution < 1.29 is 24.5 Å². The summed E-state index contributed by atoms with van der Waals surface area (Å²) in [6.45, 7) is 4.93. The van der Waals surface area contributed by atoms with Gasteiger partial charge in [0, 0.05) is 30.7 Å². The van der Waals surface area contributed by atoms with Gasteiger partial charge >= 0.3 is 0 Å². The van der Waals surface area contributed by atoms with Gasteiger partial charge in [-0.2, -0.15) is 0 Å². The SMILES string of the molecule is COc1cc([C@H]2OCC[C@@]34C[C@@H](C[C@H]23)C(C)(C)[C@H]4NC(=O)CCO)c(Cl)cc1O. The highest BCUT2D eigenvalue weighted by molar-refractivity contribution is 6.31. The molecule has 160 valence electrons. The van der Waals surface area contributed by atoms with E-state index in [0.717, 1.165) is 24.8 Å². The maximum absolute atomic E-state index is 12.4. The molecule has 6 nitrogen and oxygen atoms in total. The number of aliphatic hydroxyl groups is 1. The number of hydrogen-bond acceptors (Lipinski definition) is 5. The predicted molar refractivity (Wildman–Crippen MR) is 109 cm³/mol. The normalized spacial score (nSPS) is 34.7. The maximum Gasteiger partial charge on any atom is 0.222 e. The number of phenols is 1. The minimum atomic E-state index is -0.205. The number of aromatic hydroxyl groups is 1. The van der Waals surface area contributed by atoms with Crippen LogP contribution in [0.15, 0.2) is 12.1 Å². The molecule has 0 unspecified atom stereocenters. The number of carbonyl (C=O) groups is 1. The van der Waals surface area contributed by atoms with Crippen LogP contribution in [0.3, 0.4) is 0 Å². The molecule has 2 aliphatic carbocycles. The molecule has 1 heterocycles. The van der Waals surface area contributed by atoms with Gasteiger partial charge in [0.25, 0.3) is 0 Å². The van der Waals surface area contributed by atoms with Crippen LogP contribution >= 0.6 is 11.6 Å². The number of benzene rings is 1. The summed E-state index contributed by atoms with van der Waals surface area (Å²) in [5, 5.41) is 22.9. The molecule has 1 amide bonds. The molecular weight excluding hydrogens is 394 g/mol. The number of ether oxygens (including phenoxy) is 2. The van der Waals surface area contributed by atoms with E-state index in [1.54, 1.807) is 6.07 Å². The fourth-order valence-electron chi connectivity index (χ4n) is 6.37. The molecule has 1 aromatic rings. The van der Waals surface area contributed by atoms with Gasteiger partial charge in [0.05, 0.1) is 24.8 Å². The van der Waals surface area contributed by atoms with Crippen LogP contribution < -0.4 is 10.1 Å². The zero-order valence-electron chi connectivity index (χ0n) is 17.2. The van der Waals surface area contributed by atoms with E-state index in [1.165, 1.54) is 13.2 Å². The van der Waals surface area contributed by atoms with Crippen LogP contribution in [0, 0.1) is 22.7 Å². The van der Waals surface area contributed by atoms with Crippen molar-refractivity contribution in [2.24, 2.45) is 22.7 Å². The first-order valence-electron chi connectivity index (χ1n) is 10.3. The minimum Gasteiger partial charge on any atom is -0.504 e. The first kappa shape index (κ1) is 20.8. The van der Waals surface area contributed by atoms with Gasteiger partial charge in [-0.1, -0.05) is 25.4 Å². The van der Waals surface area contributed by atoms with Crippen molar-refractivity contribution in [3.8, 4) is 11.5 Å². The molecule has 7 heteroatoms. The van der Waals surface area contributed by atoms with Crippen LogP contribution in [0.4, 0.5) is 0 Å². The molecule has 2 saturated carbocycles. The van der Waals surface area contributed by atoms with E-state index >= 15 is 0 Å². The summed E-state index contributed by atoms with van der Waals surface area (Å²) in [6, 6.07) is 3.32. The standard InChI is InChI=1S/C22H30ClNO5/c1-21(2)12-8-14-19(13-9-17(28-3)16(26)10-15(13)23)29-7-5-22(14,11-12)20(21)24-18(27)4-6-25/h9-10,12,14,19-20,25-26H,4-8,11H2,1-3H3,(H,24,27)/t12-,14-,19-,20-,22-/m1/s1. The molecule has 3 N–H and O–H groups in total. The lowest BCUT2D eigenvalue weighted by atomic mass is 9.58. The molecule has 1 aliphatic heterocycles. The summed E-state index contributed by atoms with van der Waals surface area (Å²) < 4.78 is 11.5. The summed E-state index contributed by atoms with van der Waals surface area (Å²) in [4.78, 5) is 12.4. The first-order chi connectivity index (χ1) is 13.7. The third kappa shape index (κ3) is 3.11. The van der Waals surface area contributed by atoms with E-state index in [0.29, 0.717) is 23.3 Å². The van der Waals surface area contributed by atoms with Gasteiger partial charge in [-0.25, -0.2) is 0 Å². The van der Waals surface area contributed by atoms with Crippen molar-refractivity contribution in [3.63, 3.8) is 0 Å². The van der Waals surface area contributed by atoms with Crippen molar-refractivity contribution in [2.45, 2.75) is 51.7 Å². The van der Waals surface area contributed by atoms with E-state index in [4.69, 9.17) is 26.2 Å². The van der Waals surface area contributed by atoms with Crippen LogP contribution in [0.5, 0.6) is 11.5 Å². The van der Waals surface area contributed by atoms with Gasteiger partial charge < -0.3 is 25.0 Å². The van der Waals surface area contributed by atoms with Crippen LogP contribution in [-0.4, -0.2) is 42.5 Å². The van der Waals surface area contributed by atoms with E-state index in [9.17, 15) is 9.90 Å². The molecule has 29 heavy (non-hydrogen) atoms. The average Bonchev–Trinajstić information content (AvgIpc) is 3.15. The lowest BCUT2D eigenvalue weighted by Crippen LogP contribution is -2.59. The Kier molecular flexibility index (Phi) is 5.24. The monoisotopic (exact) mass is 423 g/mol. The number of amides is 1. The Morgan fingerprint density at radius 3 is 2.86 bits per heavy atom. The molecule has 4 rings (SSSR count). The topological polar surface area (TPSA) is 88.0 Å². The molecule has 2 bridgehead atoms. The Balaban J connectivity index is 1.70. The summed E-state index contributed by atoms with van der Waals surface area (Å²) in [5.74, 6) is 0.992. The quantitative estimate of drug-likeness (QED) is 0.675. The van der Waals surface area contributed by atoms with Gasteiger partial charge in [0.2, 0.25) is 5.91 Å². The number of fused-ring (bicyclic) bond motifs is 1. The molecule has 0 aromatic heterocycles. The second-order valence-corrected chi connectivity index (χ2v) is 9.77. The van der Waals surface area contributed by atoms with Crippen molar-refractivity contribution in [2.75, 3.05) is 20.3 Å². The van der Waals surface area contributed by atoms with Gasteiger partial charge in [-0.3, -0.25) is 4.79 Å². The number of carbonyl (C=O) groups excluding carboxylic acids is 1. The lowest BCUT2D eigenvalue weighted by molar-refractivity contribution is -0.137. The second kappa shape index (κ2) is 7.33. The first-order valence-corrected chi connectivity index (χ1v) is 10.7. The minimum absolute atomic E-state index is 0.00925. The van der Waals surface area contributed by atoms with E-state index < -0.39 is 0 Å². The van der Waals surface area contributed by atoms with Crippen LogP contribution in [0.2, 0.25) is 5.02 Å². The molecule has 1 saturated heterocycles. The molecular formula is C22H30ClNO5. The van der Waals surface area contributed by atoms with Crippen molar-refractivity contribution >= 4 is 17.5 Å². The Labute approximate surface area is 176 Å². The van der Waals surface area contributed by atoms with Gasteiger partial charge in [-0.05, 0) is 48.0 Å². The highest BCUT2D eigenvalue weighted by Crippen LogP contribution is 2.70. The number of nitrogens with one attached hydrogen (secondary N) is 1. The summed E-state index contributed by atoms with van der Waals surface area (Å²) in [5.41, 5.74) is 0.757. The average molecular weight is 424 g/mol. The van der Waals surface area contributed by atoms with Crippen molar-refractivity contribution in [1.29, 1.82) is 0 Å². The number of halogens is 1. The third-order valence-corrected chi connectivity index (χ3v) is 8.08. The summed E-state index contributed by atoms with van der Waals surface area (Å²) in [7, 11) is 1.52.